The van der Waals surface area contributed by atoms with Crippen LogP contribution in [-0.2, 0) is 5.54 Å². The molecule has 0 spiro atoms. The van der Waals surface area contributed by atoms with Crippen molar-refractivity contribution in [3.63, 3.8) is 0 Å². The first-order valence-electron chi connectivity index (χ1n) is 6.12. The van der Waals surface area contributed by atoms with E-state index in [-0.39, 0.29) is 17.3 Å². The highest BCUT2D eigenvalue weighted by Gasteiger charge is 2.43. The Morgan fingerprint density at radius 3 is 2.75 bits per heavy atom. The summed E-state index contributed by atoms with van der Waals surface area (Å²) in [6.45, 7) is 0. The van der Waals surface area contributed by atoms with Crippen LogP contribution in [0.1, 0.15) is 46.1 Å². The molecule has 1 saturated carbocycles. The average Bonchev–Trinajstić information content (AvgIpc) is 3.03. The summed E-state index contributed by atoms with van der Waals surface area (Å²) < 4.78 is 4.63. The van der Waals surface area contributed by atoms with Gasteiger partial charge in [0, 0.05) is 6.07 Å². The molecule has 2 aromatic rings. The Kier molecular flexibility index (Phi) is 2.78. The van der Waals surface area contributed by atoms with Crippen molar-refractivity contribution < 1.29 is 19.2 Å². The summed E-state index contributed by atoms with van der Waals surface area (Å²) in [5.41, 5.74) is -0.466. The maximum absolute atomic E-state index is 12.0. The Bertz CT molecular complexity index is 642. The first-order valence-corrected chi connectivity index (χ1v) is 6.12. The molecule has 2 heterocycles. The van der Waals surface area contributed by atoms with Gasteiger partial charge >= 0.3 is 5.97 Å². The molecule has 8 heteroatoms. The van der Waals surface area contributed by atoms with Gasteiger partial charge < -0.3 is 19.9 Å². The third-order valence-electron chi connectivity index (χ3n) is 3.49. The van der Waals surface area contributed by atoms with E-state index >= 15 is 0 Å². The molecule has 104 valence electrons. The molecule has 3 N–H and O–H groups in total. The van der Waals surface area contributed by atoms with Crippen molar-refractivity contribution >= 4 is 11.9 Å². The zero-order valence-electron chi connectivity index (χ0n) is 10.4. The number of nitrogens with one attached hydrogen (secondary N) is 2. The van der Waals surface area contributed by atoms with Crippen LogP contribution in [0.2, 0.25) is 0 Å². The van der Waals surface area contributed by atoms with Crippen LogP contribution in [0.5, 0.6) is 0 Å². The largest absolute Gasteiger partial charge is 0.477 e. The van der Waals surface area contributed by atoms with Gasteiger partial charge in [0.25, 0.3) is 5.91 Å². The van der Waals surface area contributed by atoms with Gasteiger partial charge in [0.15, 0.2) is 5.69 Å². The van der Waals surface area contributed by atoms with E-state index in [1.807, 2.05) is 0 Å². The number of imidazole rings is 1. The minimum Gasteiger partial charge on any atom is -0.477 e. The molecule has 1 aliphatic rings. The standard InChI is InChI=1S/C12H12N4O4/c17-9(7-2-5-20-16-7)15-12(3-1-4-12)11-13-6-8(14-11)10(18)19/h2,5-6H,1,3-4H2,(H,13,14)(H,15,17)(H,18,19). The molecule has 0 atom stereocenters. The van der Waals surface area contributed by atoms with Gasteiger partial charge in [-0.3, -0.25) is 4.79 Å². The van der Waals surface area contributed by atoms with Crippen LogP contribution in [0.15, 0.2) is 23.0 Å². The van der Waals surface area contributed by atoms with Crippen LogP contribution < -0.4 is 5.32 Å². The summed E-state index contributed by atoms with van der Waals surface area (Å²) in [7, 11) is 0. The fourth-order valence-electron chi connectivity index (χ4n) is 2.24. The van der Waals surface area contributed by atoms with Crippen molar-refractivity contribution in [1.29, 1.82) is 0 Å². The minimum atomic E-state index is -1.08. The van der Waals surface area contributed by atoms with E-state index in [2.05, 4.69) is 25.0 Å². The van der Waals surface area contributed by atoms with Crippen molar-refractivity contribution in [3.05, 3.63) is 35.7 Å². The number of H-pyrrole nitrogens is 1. The molecule has 2 aromatic heterocycles. The molecule has 0 aromatic carbocycles. The Balaban J connectivity index is 1.83. The number of aromatic amines is 1. The number of carbonyl (C=O) groups is 2. The number of carbonyl (C=O) groups excluding carboxylic acids is 1. The number of aromatic carboxylic acids is 1. The van der Waals surface area contributed by atoms with Gasteiger partial charge in [-0.25, -0.2) is 9.78 Å². The van der Waals surface area contributed by atoms with Gasteiger partial charge in [-0.05, 0) is 19.3 Å². The predicted octanol–water partition coefficient (Wildman–Crippen LogP) is 0.905. The topological polar surface area (TPSA) is 121 Å². The molecule has 1 aliphatic carbocycles. The van der Waals surface area contributed by atoms with Crippen LogP contribution >= 0.6 is 0 Å². The zero-order chi connectivity index (χ0) is 14.2. The summed E-state index contributed by atoms with van der Waals surface area (Å²) in [6.07, 6.45) is 4.90. The molecule has 1 amide bonds. The quantitative estimate of drug-likeness (QED) is 0.763. The summed E-state index contributed by atoms with van der Waals surface area (Å²) in [5.74, 6) is -0.995. The summed E-state index contributed by atoms with van der Waals surface area (Å²) in [6, 6.07) is 1.46. The number of aromatic nitrogens is 3. The molecule has 0 unspecified atom stereocenters. The molecule has 20 heavy (non-hydrogen) atoms. The van der Waals surface area contributed by atoms with Gasteiger partial charge in [0.1, 0.15) is 17.8 Å². The highest BCUT2D eigenvalue weighted by Crippen LogP contribution is 2.39. The van der Waals surface area contributed by atoms with E-state index in [1.165, 1.54) is 18.5 Å². The fourth-order valence-corrected chi connectivity index (χ4v) is 2.24. The number of amides is 1. The molecular weight excluding hydrogens is 264 g/mol. The first-order chi connectivity index (χ1) is 9.61. The van der Waals surface area contributed by atoms with Gasteiger partial charge in [-0.15, -0.1) is 0 Å². The van der Waals surface area contributed by atoms with E-state index in [1.54, 1.807) is 0 Å². The van der Waals surface area contributed by atoms with Crippen molar-refractivity contribution in [1.82, 2.24) is 20.4 Å². The lowest BCUT2D eigenvalue weighted by Gasteiger charge is -2.40. The fraction of sp³-hybridized carbons (Fsp3) is 0.333. The monoisotopic (exact) mass is 276 g/mol. The molecule has 0 aliphatic heterocycles. The summed E-state index contributed by atoms with van der Waals surface area (Å²) >= 11 is 0. The number of carboxylic acid groups (broad SMARTS) is 1. The molecule has 0 bridgehead atoms. The first kappa shape index (κ1) is 12.4. The predicted molar refractivity (Wildman–Crippen MR) is 65.0 cm³/mol. The average molecular weight is 276 g/mol. The van der Waals surface area contributed by atoms with Gasteiger partial charge in [-0.2, -0.15) is 0 Å². The third-order valence-corrected chi connectivity index (χ3v) is 3.49. The SMILES string of the molecule is O=C(NC1(c2ncc(C(=O)O)[nH]2)CCC1)c1ccon1. The number of carboxylic acids is 1. The van der Waals surface area contributed by atoms with Crippen LogP contribution in [0.25, 0.3) is 0 Å². The lowest BCUT2D eigenvalue weighted by molar-refractivity contribution is 0.0690. The summed E-state index contributed by atoms with van der Waals surface area (Å²) in [4.78, 5) is 29.7. The van der Waals surface area contributed by atoms with Crippen LogP contribution in [0.3, 0.4) is 0 Å². The van der Waals surface area contributed by atoms with Gasteiger partial charge in [0.05, 0.1) is 11.7 Å². The van der Waals surface area contributed by atoms with Crippen molar-refractivity contribution in [3.8, 4) is 0 Å². The highest BCUT2D eigenvalue weighted by atomic mass is 16.5. The lowest BCUT2D eigenvalue weighted by atomic mass is 9.76. The molecule has 3 rings (SSSR count). The normalized spacial score (nSPS) is 16.4. The van der Waals surface area contributed by atoms with E-state index in [0.717, 1.165) is 6.42 Å². The van der Waals surface area contributed by atoms with Crippen molar-refractivity contribution in [2.45, 2.75) is 24.8 Å². The molecule has 1 fully saturated rings. The van der Waals surface area contributed by atoms with E-state index in [4.69, 9.17) is 5.11 Å². The Labute approximate surface area is 113 Å². The number of hydrogen-bond donors (Lipinski definition) is 3. The third kappa shape index (κ3) is 1.94. The smallest absolute Gasteiger partial charge is 0.353 e. The maximum atomic E-state index is 12.0. The van der Waals surface area contributed by atoms with E-state index < -0.39 is 11.5 Å². The second-order valence-electron chi connectivity index (χ2n) is 4.73. The van der Waals surface area contributed by atoms with Crippen molar-refractivity contribution in [2.24, 2.45) is 0 Å². The second kappa shape index (κ2) is 4.48. The number of hydrogen-bond acceptors (Lipinski definition) is 5. The van der Waals surface area contributed by atoms with E-state index in [0.29, 0.717) is 18.7 Å². The lowest BCUT2D eigenvalue weighted by Crippen LogP contribution is -2.51. The van der Waals surface area contributed by atoms with Crippen LogP contribution in [-0.4, -0.2) is 32.1 Å². The van der Waals surface area contributed by atoms with E-state index in [9.17, 15) is 9.59 Å². The Hall–Kier alpha value is -2.64. The molecule has 0 saturated heterocycles. The zero-order valence-corrected chi connectivity index (χ0v) is 10.4. The maximum Gasteiger partial charge on any atom is 0.353 e. The van der Waals surface area contributed by atoms with Crippen LogP contribution in [0, 0.1) is 0 Å². The molecule has 0 radical (unpaired) electrons. The minimum absolute atomic E-state index is 0.00181. The van der Waals surface area contributed by atoms with Gasteiger partial charge in [-0.1, -0.05) is 5.16 Å². The number of nitrogens with zero attached hydrogens (tertiary/aromatic N) is 2. The van der Waals surface area contributed by atoms with Crippen LogP contribution in [0.4, 0.5) is 0 Å². The Morgan fingerprint density at radius 2 is 2.25 bits per heavy atom. The second-order valence-corrected chi connectivity index (χ2v) is 4.73. The Morgan fingerprint density at radius 1 is 1.45 bits per heavy atom. The molecular formula is C12H12N4O4. The highest BCUT2D eigenvalue weighted by molar-refractivity contribution is 5.92. The molecule has 8 nitrogen and oxygen atoms in total. The number of rotatable bonds is 4. The van der Waals surface area contributed by atoms with Crippen molar-refractivity contribution in [2.75, 3.05) is 0 Å². The van der Waals surface area contributed by atoms with Gasteiger partial charge in [0.2, 0.25) is 0 Å². The summed E-state index contributed by atoms with van der Waals surface area (Å²) in [5, 5.41) is 15.3.